The number of hydrogen-bond acceptors (Lipinski definition) is 5. The third-order valence-electron chi connectivity index (χ3n) is 3.20. The van der Waals surface area contributed by atoms with Gasteiger partial charge in [0.2, 0.25) is 0 Å². The van der Waals surface area contributed by atoms with Crippen molar-refractivity contribution in [2.45, 2.75) is 12.1 Å². The van der Waals surface area contributed by atoms with E-state index in [-0.39, 0.29) is 0 Å². The zero-order valence-electron chi connectivity index (χ0n) is 9.47. The summed E-state index contributed by atoms with van der Waals surface area (Å²) < 4.78 is 5.12. The van der Waals surface area contributed by atoms with E-state index in [1.807, 2.05) is 6.07 Å². The van der Waals surface area contributed by atoms with E-state index in [0.717, 1.165) is 32.1 Å². The van der Waals surface area contributed by atoms with Gasteiger partial charge in [-0.15, -0.1) is 0 Å². The number of nitriles is 1. The van der Waals surface area contributed by atoms with Crippen LogP contribution in [0.2, 0.25) is 0 Å². The molecule has 0 aromatic carbocycles. The summed E-state index contributed by atoms with van der Waals surface area (Å²) in [6.07, 6.45) is 1.73. The maximum Gasteiger partial charge on any atom is 0.146 e. The number of nitrogens with one attached hydrogen (secondary N) is 1. The quantitative estimate of drug-likeness (QED) is 0.799. The molecule has 3 heterocycles. The number of ether oxygens (including phenoxy) is 1. The summed E-state index contributed by atoms with van der Waals surface area (Å²) in [6, 6.07) is 6.79. The summed E-state index contributed by atoms with van der Waals surface area (Å²) in [4.78, 5) is 6.40. The predicted octanol–water partition coefficient (Wildman–Crippen LogP) is 0.130. The van der Waals surface area contributed by atoms with Crippen LogP contribution >= 0.6 is 0 Å². The van der Waals surface area contributed by atoms with Crippen LogP contribution in [0.15, 0.2) is 18.3 Å². The van der Waals surface area contributed by atoms with Gasteiger partial charge >= 0.3 is 0 Å². The average molecular weight is 230 g/mol. The highest BCUT2D eigenvalue weighted by Crippen LogP contribution is 2.22. The van der Waals surface area contributed by atoms with Crippen molar-refractivity contribution < 1.29 is 4.74 Å². The van der Waals surface area contributed by atoms with Gasteiger partial charge in [0.1, 0.15) is 11.9 Å². The molecule has 1 N–H and O–H groups in total. The third kappa shape index (κ3) is 1.97. The molecule has 0 saturated carbocycles. The fourth-order valence-corrected chi connectivity index (χ4v) is 2.16. The van der Waals surface area contributed by atoms with Gasteiger partial charge in [0.05, 0.1) is 24.8 Å². The molecule has 5 heteroatoms. The molecule has 0 aliphatic carbocycles. The van der Waals surface area contributed by atoms with E-state index in [2.05, 4.69) is 21.3 Å². The molecule has 2 aliphatic rings. The van der Waals surface area contributed by atoms with Crippen molar-refractivity contribution in [2.75, 3.05) is 31.2 Å². The first kappa shape index (κ1) is 10.5. The smallest absolute Gasteiger partial charge is 0.146 e. The Balaban J connectivity index is 1.59. The van der Waals surface area contributed by atoms with Gasteiger partial charge in [-0.05, 0) is 12.1 Å². The molecule has 17 heavy (non-hydrogen) atoms. The summed E-state index contributed by atoms with van der Waals surface area (Å²) in [7, 11) is 0. The van der Waals surface area contributed by atoms with E-state index < -0.39 is 0 Å². The predicted molar refractivity (Wildman–Crippen MR) is 62.7 cm³/mol. The minimum Gasteiger partial charge on any atom is -0.378 e. The molecule has 1 aromatic rings. The van der Waals surface area contributed by atoms with Crippen LogP contribution in [0.25, 0.3) is 0 Å². The molecular weight excluding hydrogens is 216 g/mol. The highest BCUT2D eigenvalue weighted by molar-refractivity contribution is 5.55. The summed E-state index contributed by atoms with van der Waals surface area (Å²) in [5.41, 5.74) is 0.651. The maximum atomic E-state index is 9.00. The Morgan fingerprint density at radius 3 is 2.88 bits per heavy atom. The Hall–Kier alpha value is -1.64. The van der Waals surface area contributed by atoms with Crippen molar-refractivity contribution in [3.8, 4) is 6.07 Å². The first-order valence-electron chi connectivity index (χ1n) is 5.80. The second-order valence-corrected chi connectivity index (χ2v) is 4.49. The van der Waals surface area contributed by atoms with Crippen molar-refractivity contribution in [3.05, 3.63) is 23.9 Å². The van der Waals surface area contributed by atoms with Crippen LogP contribution in [0.1, 0.15) is 5.56 Å². The summed E-state index contributed by atoms with van der Waals surface area (Å²) >= 11 is 0. The van der Waals surface area contributed by atoms with Crippen LogP contribution in [0, 0.1) is 11.3 Å². The first-order valence-corrected chi connectivity index (χ1v) is 5.80. The van der Waals surface area contributed by atoms with Gasteiger partial charge in [0.25, 0.3) is 0 Å². The number of nitrogens with zero attached hydrogens (tertiary/aromatic N) is 3. The van der Waals surface area contributed by atoms with Gasteiger partial charge in [-0.1, -0.05) is 0 Å². The van der Waals surface area contributed by atoms with E-state index in [1.54, 1.807) is 12.3 Å². The fourth-order valence-electron chi connectivity index (χ4n) is 2.16. The summed E-state index contributed by atoms with van der Waals surface area (Å²) in [5.74, 6) is 0.804. The van der Waals surface area contributed by atoms with Crippen molar-refractivity contribution >= 4 is 5.82 Å². The Kier molecular flexibility index (Phi) is 2.67. The molecule has 0 bridgehead atoms. The Bertz CT molecular complexity index is 446. The second kappa shape index (κ2) is 4.32. The lowest BCUT2D eigenvalue weighted by Crippen LogP contribution is -2.63. The zero-order valence-corrected chi connectivity index (χ0v) is 9.47. The molecule has 88 valence electrons. The zero-order chi connectivity index (χ0) is 11.7. The first-order chi connectivity index (χ1) is 8.36. The average Bonchev–Trinajstić information content (AvgIpc) is 2.25. The molecule has 0 radical (unpaired) electrons. The van der Waals surface area contributed by atoms with Crippen LogP contribution < -0.4 is 10.2 Å². The highest BCUT2D eigenvalue weighted by atomic mass is 16.5. The monoisotopic (exact) mass is 230 g/mol. The van der Waals surface area contributed by atoms with Gasteiger partial charge in [-0.3, -0.25) is 0 Å². The SMILES string of the molecule is N#Cc1cccnc1N1CC(NC2COC2)C1. The van der Waals surface area contributed by atoms with Gasteiger partial charge in [0, 0.05) is 25.3 Å². The summed E-state index contributed by atoms with van der Waals surface area (Å²) in [6.45, 7) is 3.48. The number of aromatic nitrogens is 1. The topological polar surface area (TPSA) is 61.2 Å². The third-order valence-corrected chi connectivity index (χ3v) is 3.20. The highest BCUT2D eigenvalue weighted by Gasteiger charge is 2.32. The van der Waals surface area contributed by atoms with Crippen molar-refractivity contribution in [2.24, 2.45) is 0 Å². The number of rotatable bonds is 3. The standard InChI is InChI=1S/C12H14N4O/c13-4-9-2-1-3-14-12(9)16-5-10(6-16)15-11-7-17-8-11/h1-3,10-11,15H,5-8H2. The van der Waals surface area contributed by atoms with Gasteiger partial charge in [-0.2, -0.15) is 5.26 Å². The van der Waals surface area contributed by atoms with E-state index in [4.69, 9.17) is 10.00 Å². The molecule has 5 nitrogen and oxygen atoms in total. The number of hydrogen-bond donors (Lipinski definition) is 1. The van der Waals surface area contributed by atoms with Crippen LogP contribution in [-0.2, 0) is 4.74 Å². The molecular formula is C12H14N4O. The summed E-state index contributed by atoms with van der Waals surface area (Å²) in [5, 5.41) is 12.5. The lowest BCUT2D eigenvalue weighted by atomic mass is 10.1. The normalized spacial score (nSPS) is 20.5. The molecule has 0 atom stereocenters. The Morgan fingerprint density at radius 1 is 1.41 bits per heavy atom. The van der Waals surface area contributed by atoms with Crippen molar-refractivity contribution in [1.82, 2.24) is 10.3 Å². The molecule has 3 rings (SSSR count). The fraction of sp³-hybridized carbons (Fsp3) is 0.500. The number of pyridine rings is 1. The van der Waals surface area contributed by atoms with Crippen molar-refractivity contribution in [1.29, 1.82) is 5.26 Å². The van der Waals surface area contributed by atoms with Gasteiger partial charge in [-0.25, -0.2) is 4.98 Å². The second-order valence-electron chi connectivity index (χ2n) is 4.49. The molecule has 1 aromatic heterocycles. The largest absolute Gasteiger partial charge is 0.378 e. The van der Waals surface area contributed by atoms with Crippen LogP contribution in [0.3, 0.4) is 0 Å². The molecule has 2 saturated heterocycles. The van der Waals surface area contributed by atoms with Gasteiger partial charge < -0.3 is 15.0 Å². The lowest BCUT2D eigenvalue weighted by Gasteiger charge is -2.44. The maximum absolute atomic E-state index is 9.00. The van der Waals surface area contributed by atoms with Crippen LogP contribution in [0.4, 0.5) is 5.82 Å². The van der Waals surface area contributed by atoms with E-state index in [9.17, 15) is 0 Å². The minimum atomic E-state index is 0.498. The molecule has 0 amide bonds. The Labute approximate surface area is 100 Å². The van der Waals surface area contributed by atoms with Gasteiger partial charge in [0.15, 0.2) is 0 Å². The lowest BCUT2D eigenvalue weighted by molar-refractivity contribution is -0.0114. The van der Waals surface area contributed by atoms with E-state index in [0.29, 0.717) is 17.6 Å². The Morgan fingerprint density at radius 2 is 2.24 bits per heavy atom. The van der Waals surface area contributed by atoms with E-state index in [1.165, 1.54) is 0 Å². The van der Waals surface area contributed by atoms with Crippen molar-refractivity contribution in [3.63, 3.8) is 0 Å². The molecule has 2 aliphatic heterocycles. The van der Waals surface area contributed by atoms with E-state index >= 15 is 0 Å². The van der Waals surface area contributed by atoms with Crippen LogP contribution in [0.5, 0.6) is 0 Å². The molecule has 0 unspecified atom stereocenters. The number of anilines is 1. The van der Waals surface area contributed by atoms with Crippen LogP contribution in [-0.4, -0.2) is 43.4 Å². The molecule has 0 spiro atoms. The minimum absolute atomic E-state index is 0.498. The molecule has 2 fully saturated rings.